The zero-order valence-electron chi connectivity index (χ0n) is 25.6. The quantitative estimate of drug-likeness (QED) is 0.174. The van der Waals surface area contributed by atoms with Crippen LogP contribution in [0.2, 0.25) is 0 Å². The van der Waals surface area contributed by atoms with Gasteiger partial charge in [-0.3, -0.25) is 14.4 Å². The van der Waals surface area contributed by atoms with Crippen molar-refractivity contribution in [3.05, 3.63) is 57.6 Å². The average molecular weight is 680 g/mol. The molecule has 6 rings (SSSR count). The summed E-state index contributed by atoms with van der Waals surface area (Å²) in [5, 5.41) is 65.1. The molecule has 2 aromatic rings. The summed E-state index contributed by atoms with van der Waals surface area (Å²) in [6, 6.07) is 5.34. The maximum absolute atomic E-state index is 13.5. The fourth-order valence-electron chi connectivity index (χ4n) is 7.00. The monoisotopic (exact) mass is 679 g/mol. The number of carbonyl (C=O) groups is 3. The van der Waals surface area contributed by atoms with Gasteiger partial charge >= 0.3 is 0 Å². The van der Waals surface area contributed by atoms with E-state index in [4.69, 9.17) is 24.7 Å². The van der Waals surface area contributed by atoms with Crippen molar-refractivity contribution in [3.8, 4) is 11.5 Å². The third-order valence-electron chi connectivity index (χ3n) is 9.45. The Morgan fingerprint density at radius 2 is 1.53 bits per heavy atom. The van der Waals surface area contributed by atoms with Gasteiger partial charge in [0.05, 0.1) is 41.6 Å². The molecule has 14 nitrogen and oxygen atoms in total. The lowest BCUT2D eigenvalue weighted by Gasteiger charge is -2.44. The van der Waals surface area contributed by atoms with E-state index in [1.165, 1.54) is 12.1 Å². The molecule has 2 aliphatic heterocycles. The SMILES string of the molecule is C[C@@H]1O[C@@H](O[C@H]2[C@H](O)C[C@H](OC3C[C@](O)(C(=O)CO)Cc4c(O)c5c(c(O)c43)C(=O)c3ccccc3C5=O)O[C@H]2C)C[C@@H](N)[C@@H]1O.Cl. The first kappa shape index (κ1) is 35.3. The Hall–Kier alpha value is -3.02. The Kier molecular flexibility index (Phi) is 9.85. The highest BCUT2D eigenvalue weighted by atomic mass is 35.5. The fourth-order valence-corrected chi connectivity index (χ4v) is 7.00. The molecule has 0 radical (unpaired) electrons. The Morgan fingerprint density at radius 3 is 2.11 bits per heavy atom. The van der Waals surface area contributed by atoms with Gasteiger partial charge in [0, 0.05) is 54.0 Å². The van der Waals surface area contributed by atoms with Gasteiger partial charge in [-0.25, -0.2) is 0 Å². The number of hydrogen-bond acceptors (Lipinski definition) is 14. The molecule has 0 bridgehead atoms. The third kappa shape index (κ3) is 5.97. The molecular weight excluding hydrogens is 642 g/mol. The van der Waals surface area contributed by atoms with Gasteiger partial charge in [-0.2, -0.15) is 0 Å². The van der Waals surface area contributed by atoms with E-state index < -0.39 is 120 Å². The zero-order chi connectivity index (χ0) is 33.2. The molecule has 256 valence electrons. The number of aromatic hydroxyl groups is 2. The predicted octanol–water partition coefficient (Wildman–Crippen LogP) is 0.296. The average Bonchev–Trinajstić information content (AvgIpc) is 3.01. The maximum atomic E-state index is 13.5. The van der Waals surface area contributed by atoms with Crippen LogP contribution in [0.25, 0.3) is 0 Å². The Labute approximate surface area is 275 Å². The van der Waals surface area contributed by atoms with Crippen molar-refractivity contribution in [1.82, 2.24) is 0 Å². The van der Waals surface area contributed by atoms with Crippen molar-refractivity contribution in [2.24, 2.45) is 5.73 Å². The summed E-state index contributed by atoms with van der Waals surface area (Å²) in [7, 11) is 0. The number of phenolic OH excluding ortho intramolecular Hbond substituents is 2. The van der Waals surface area contributed by atoms with Crippen molar-refractivity contribution in [3.63, 3.8) is 0 Å². The normalized spacial score (nSPS) is 34.9. The highest BCUT2D eigenvalue weighted by molar-refractivity contribution is 6.30. The van der Waals surface area contributed by atoms with E-state index in [1.54, 1.807) is 26.0 Å². The lowest BCUT2D eigenvalue weighted by atomic mass is 9.72. The topological polar surface area (TPSA) is 236 Å². The number of nitrogens with two attached hydrogens (primary N) is 1. The first-order valence-corrected chi connectivity index (χ1v) is 15.1. The van der Waals surface area contributed by atoms with E-state index >= 15 is 0 Å². The second kappa shape index (κ2) is 13.1. The van der Waals surface area contributed by atoms with Gasteiger partial charge in [-0.1, -0.05) is 24.3 Å². The van der Waals surface area contributed by atoms with Crippen molar-refractivity contribution in [2.75, 3.05) is 6.61 Å². The number of ether oxygens (including phenoxy) is 4. The number of benzene rings is 2. The van der Waals surface area contributed by atoms with Gasteiger partial charge in [-0.15, -0.1) is 12.4 Å². The van der Waals surface area contributed by atoms with Crippen LogP contribution >= 0.6 is 12.4 Å². The molecule has 47 heavy (non-hydrogen) atoms. The van der Waals surface area contributed by atoms with E-state index in [0.717, 1.165) is 0 Å². The molecular formula is C32H38ClNO13. The van der Waals surface area contributed by atoms with Crippen LogP contribution in [0.5, 0.6) is 11.5 Å². The standard InChI is InChI=1S/C32H37NO13.ClH/c1-12-26(37)17(33)7-21(43-12)46-31-13(2)44-22(8-18(31)35)45-19-10-32(42,20(36)11-34)9-16-23(19)30(41)25-24(29(16)40)27(38)14-5-3-4-6-15(14)28(25)39;/h3-6,12-13,17-19,21-22,26,31,34-35,37,40-42H,7-11,33H2,1-2H3;1H/t12-,13-,17+,18+,19?,21-,22-,26+,31+,32-;/m0./s1. The summed E-state index contributed by atoms with van der Waals surface area (Å²) in [6.07, 6.45) is -8.83. The van der Waals surface area contributed by atoms with Crippen LogP contribution in [-0.4, -0.2) is 109 Å². The predicted molar refractivity (Wildman–Crippen MR) is 162 cm³/mol. The first-order chi connectivity index (χ1) is 21.7. The van der Waals surface area contributed by atoms with Gasteiger partial charge < -0.3 is 55.3 Å². The zero-order valence-corrected chi connectivity index (χ0v) is 26.4. The van der Waals surface area contributed by atoms with E-state index in [9.17, 15) is 45.0 Å². The molecule has 2 saturated heterocycles. The summed E-state index contributed by atoms with van der Waals surface area (Å²) >= 11 is 0. The Morgan fingerprint density at radius 1 is 0.957 bits per heavy atom. The van der Waals surface area contributed by atoms with Crippen molar-refractivity contribution >= 4 is 29.8 Å². The van der Waals surface area contributed by atoms with E-state index in [0.29, 0.717) is 0 Å². The van der Waals surface area contributed by atoms with Crippen LogP contribution in [0.3, 0.4) is 0 Å². The number of ketones is 3. The summed E-state index contributed by atoms with van der Waals surface area (Å²) in [6.45, 7) is 2.23. The molecule has 8 N–H and O–H groups in total. The summed E-state index contributed by atoms with van der Waals surface area (Å²) < 4.78 is 23.8. The lowest BCUT2D eigenvalue weighted by molar-refractivity contribution is -0.311. The van der Waals surface area contributed by atoms with E-state index in [-0.39, 0.29) is 47.5 Å². The number of carbonyl (C=O) groups excluding carboxylic acids is 3. The fraction of sp³-hybridized carbons (Fsp3) is 0.531. The second-order valence-corrected chi connectivity index (χ2v) is 12.5. The number of halogens is 1. The number of fused-ring (bicyclic) bond motifs is 3. The highest BCUT2D eigenvalue weighted by Crippen LogP contribution is 2.52. The molecule has 2 heterocycles. The van der Waals surface area contributed by atoms with Crippen LogP contribution in [0.1, 0.15) is 82.2 Å². The number of rotatable bonds is 6. The van der Waals surface area contributed by atoms with Gasteiger partial charge in [-0.05, 0) is 13.8 Å². The molecule has 0 spiro atoms. The Bertz CT molecular complexity index is 1560. The van der Waals surface area contributed by atoms with Crippen molar-refractivity contribution < 1.29 is 64.0 Å². The minimum Gasteiger partial charge on any atom is -0.507 e. The minimum atomic E-state index is -2.28. The second-order valence-electron chi connectivity index (χ2n) is 12.5. The molecule has 0 aromatic heterocycles. The van der Waals surface area contributed by atoms with Gasteiger partial charge in [0.25, 0.3) is 0 Å². The Balaban J connectivity index is 0.00000433. The van der Waals surface area contributed by atoms with Crippen LogP contribution in [0, 0.1) is 0 Å². The number of aliphatic hydroxyl groups is 4. The molecule has 2 aromatic carbocycles. The molecule has 0 saturated carbocycles. The molecule has 1 unspecified atom stereocenters. The highest BCUT2D eigenvalue weighted by Gasteiger charge is 2.50. The summed E-state index contributed by atoms with van der Waals surface area (Å²) in [4.78, 5) is 39.7. The largest absolute Gasteiger partial charge is 0.507 e. The molecule has 0 amide bonds. The van der Waals surface area contributed by atoms with Gasteiger partial charge in [0.1, 0.15) is 29.8 Å². The lowest BCUT2D eigenvalue weighted by Crippen LogP contribution is -2.56. The molecule has 15 heteroatoms. The number of phenols is 2. The number of aliphatic hydroxyl groups excluding tert-OH is 3. The number of Topliss-reactive ketones (excluding diaryl/α,β-unsaturated/α-hetero) is 1. The van der Waals surface area contributed by atoms with Gasteiger partial charge in [0.15, 0.2) is 29.9 Å². The summed E-state index contributed by atoms with van der Waals surface area (Å²) in [5.41, 5.74) is 2.51. The van der Waals surface area contributed by atoms with Crippen molar-refractivity contribution in [1.29, 1.82) is 0 Å². The van der Waals surface area contributed by atoms with Crippen LogP contribution in [-0.2, 0) is 30.2 Å². The molecule has 4 aliphatic rings. The third-order valence-corrected chi connectivity index (χ3v) is 9.45. The van der Waals surface area contributed by atoms with Crippen molar-refractivity contribution in [2.45, 2.75) is 100 Å². The van der Waals surface area contributed by atoms with E-state index in [2.05, 4.69) is 0 Å². The smallest absolute Gasteiger partial charge is 0.198 e. The molecule has 2 fully saturated rings. The first-order valence-electron chi connectivity index (χ1n) is 15.1. The van der Waals surface area contributed by atoms with Crippen LogP contribution in [0.15, 0.2) is 24.3 Å². The van der Waals surface area contributed by atoms with Crippen LogP contribution < -0.4 is 5.73 Å². The molecule has 10 atom stereocenters. The summed E-state index contributed by atoms with van der Waals surface area (Å²) in [5.74, 6) is -3.80. The number of hydrogen-bond donors (Lipinski definition) is 7. The molecule has 2 aliphatic carbocycles. The van der Waals surface area contributed by atoms with E-state index in [1.807, 2.05) is 0 Å². The van der Waals surface area contributed by atoms with Gasteiger partial charge in [0.2, 0.25) is 0 Å². The maximum Gasteiger partial charge on any atom is 0.198 e. The van der Waals surface area contributed by atoms with Crippen LogP contribution in [0.4, 0.5) is 0 Å². The minimum absolute atomic E-state index is 0.